The molecule has 0 bridgehead atoms. The van der Waals surface area contributed by atoms with Gasteiger partial charge in [-0.1, -0.05) is 136 Å². The molecule has 5 heteroatoms. The first-order chi connectivity index (χ1) is 16.6. The largest absolute Gasteiger partial charge is 0.394 e. The zero-order chi connectivity index (χ0) is 25.3. The summed E-state index contributed by atoms with van der Waals surface area (Å²) in [5.41, 5.74) is 0. The minimum atomic E-state index is -1.12. The highest BCUT2D eigenvalue weighted by molar-refractivity contribution is 5.76. The minimum absolute atomic E-state index is 0.150. The van der Waals surface area contributed by atoms with Crippen LogP contribution >= 0.6 is 0 Å². The van der Waals surface area contributed by atoms with Crippen LogP contribution in [0.5, 0.6) is 0 Å². The van der Waals surface area contributed by atoms with Gasteiger partial charge in [-0.2, -0.15) is 0 Å². The Morgan fingerprint density at radius 2 is 1.00 bits per heavy atom. The van der Waals surface area contributed by atoms with Crippen LogP contribution in [0.25, 0.3) is 0 Å². The quantitative estimate of drug-likeness (QED) is 0.101. The number of unbranched alkanes of at least 4 members (excludes halogenated alkanes) is 18. The zero-order valence-electron chi connectivity index (χ0n) is 22.7. The number of amides is 1. The standard InChI is InChI=1S/C29H59NO4/c1-3-5-7-9-11-13-14-16-17-19-21-23-27(32)29(34)26(25-31)30-28(33)24-22-20-18-15-12-10-8-6-4-2/h26-27,29,31-32,34H,3-25H2,1-2H3,(H,30,33). The van der Waals surface area contributed by atoms with Gasteiger partial charge in [0, 0.05) is 6.42 Å². The molecular formula is C29H59NO4. The Kier molecular flexibility index (Phi) is 25.0. The lowest BCUT2D eigenvalue weighted by atomic mass is 9.99. The van der Waals surface area contributed by atoms with Crippen LogP contribution in [-0.4, -0.2) is 46.1 Å². The smallest absolute Gasteiger partial charge is 0.220 e. The summed E-state index contributed by atoms with van der Waals surface area (Å²) in [7, 11) is 0. The monoisotopic (exact) mass is 485 g/mol. The van der Waals surface area contributed by atoms with Gasteiger partial charge in [0.2, 0.25) is 5.91 Å². The van der Waals surface area contributed by atoms with Crippen molar-refractivity contribution in [2.24, 2.45) is 0 Å². The molecule has 0 aromatic carbocycles. The summed E-state index contributed by atoms with van der Waals surface area (Å²) in [5.74, 6) is -0.150. The van der Waals surface area contributed by atoms with E-state index in [1.165, 1.54) is 89.9 Å². The first-order valence-corrected chi connectivity index (χ1v) is 14.8. The molecule has 3 atom stereocenters. The molecule has 0 saturated carbocycles. The molecule has 204 valence electrons. The fraction of sp³-hybridized carbons (Fsp3) is 0.966. The van der Waals surface area contributed by atoms with Crippen molar-refractivity contribution in [2.75, 3.05) is 6.61 Å². The second kappa shape index (κ2) is 25.4. The van der Waals surface area contributed by atoms with E-state index in [1.807, 2.05) is 0 Å². The third-order valence-corrected chi connectivity index (χ3v) is 6.96. The van der Waals surface area contributed by atoms with E-state index >= 15 is 0 Å². The van der Waals surface area contributed by atoms with E-state index in [1.54, 1.807) is 0 Å². The van der Waals surface area contributed by atoms with E-state index in [9.17, 15) is 20.1 Å². The average molecular weight is 486 g/mol. The molecule has 1 amide bonds. The maximum Gasteiger partial charge on any atom is 0.220 e. The summed E-state index contributed by atoms with van der Waals surface area (Å²) in [4.78, 5) is 12.2. The average Bonchev–Trinajstić information content (AvgIpc) is 2.84. The molecule has 0 spiro atoms. The van der Waals surface area contributed by atoms with Crippen molar-refractivity contribution < 1.29 is 20.1 Å². The number of carbonyl (C=O) groups excluding carboxylic acids is 1. The van der Waals surface area contributed by atoms with E-state index in [0.29, 0.717) is 12.8 Å². The van der Waals surface area contributed by atoms with Crippen LogP contribution in [0, 0.1) is 0 Å². The molecule has 0 rings (SSSR count). The van der Waals surface area contributed by atoms with Crippen LogP contribution in [-0.2, 0) is 4.79 Å². The molecule has 0 heterocycles. The van der Waals surface area contributed by atoms with Gasteiger partial charge < -0.3 is 20.6 Å². The Hall–Kier alpha value is -0.650. The summed E-state index contributed by atoms with van der Waals surface area (Å²) in [6, 6.07) is -0.797. The van der Waals surface area contributed by atoms with Crippen LogP contribution in [0.15, 0.2) is 0 Å². The molecule has 0 aromatic heterocycles. The van der Waals surface area contributed by atoms with Crippen LogP contribution in [0.3, 0.4) is 0 Å². The molecular weight excluding hydrogens is 426 g/mol. The minimum Gasteiger partial charge on any atom is -0.394 e. The maximum atomic E-state index is 12.2. The normalized spacial score (nSPS) is 14.1. The van der Waals surface area contributed by atoms with Gasteiger partial charge in [-0.15, -0.1) is 0 Å². The van der Waals surface area contributed by atoms with Crippen molar-refractivity contribution in [3.63, 3.8) is 0 Å². The van der Waals surface area contributed by atoms with Gasteiger partial charge in [-0.25, -0.2) is 0 Å². The molecule has 3 unspecified atom stereocenters. The molecule has 5 nitrogen and oxygen atoms in total. The van der Waals surface area contributed by atoms with Gasteiger partial charge in [0.25, 0.3) is 0 Å². The Labute approximate surface area is 211 Å². The van der Waals surface area contributed by atoms with E-state index in [0.717, 1.165) is 38.5 Å². The van der Waals surface area contributed by atoms with Gasteiger partial charge in [0.1, 0.15) is 6.10 Å². The van der Waals surface area contributed by atoms with E-state index in [2.05, 4.69) is 19.2 Å². The lowest BCUT2D eigenvalue weighted by molar-refractivity contribution is -0.124. The van der Waals surface area contributed by atoms with Crippen LogP contribution in [0.2, 0.25) is 0 Å². The Bertz CT molecular complexity index is 432. The SMILES string of the molecule is CCCCCCCCCCCCCC(O)C(O)C(CO)NC(=O)CCCCCCCCCCC. The molecule has 0 aliphatic rings. The third kappa shape index (κ3) is 20.7. The number of aliphatic hydroxyl groups is 3. The van der Waals surface area contributed by atoms with Gasteiger partial charge in [0.15, 0.2) is 0 Å². The predicted octanol–water partition coefficient (Wildman–Crippen LogP) is 6.81. The highest BCUT2D eigenvalue weighted by atomic mass is 16.3. The third-order valence-electron chi connectivity index (χ3n) is 6.96. The van der Waals surface area contributed by atoms with E-state index < -0.39 is 18.2 Å². The van der Waals surface area contributed by atoms with Crippen molar-refractivity contribution in [1.29, 1.82) is 0 Å². The molecule has 34 heavy (non-hydrogen) atoms. The Morgan fingerprint density at radius 3 is 1.41 bits per heavy atom. The number of hydrogen-bond donors (Lipinski definition) is 4. The molecule has 4 N–H and O–H groups in total. The molecule has 0 aliphatic carbocycles. The summed E-state index contributed by atoms with van der Waals surface area (Å²) in [6.07, 6.45) is 23.3. The fourth-order valence-electron chi connectivity index (χ4n) is 4.57. The number of carbonyl (C=O) groups is 1. The molecule has 0 aliphatic heterocycles. The molecule has 0 radical (unpaired) electrons. The van der Waals surface area contributed by atoms with E-state index in [-0.39, 0.29) is 12.5 Å². The molecule has 0 saturated heterocycles. The number of aliphatic hydroxyl groups excluding tert-OH is 3. The summed E-state index contributed by atoms with van der Waals surface area (Å²) in [5, 5.41) is 33.0. The summed E-state index contributed by atoms with van der Waals surface area (Å²) < 4.78 is 0. The number of rotatable bonds is 26. The van der Waals surface area contributed by atoms with Crippen LogP contribution in [0.1, 0.15) is 155 Å². The van der Waals surface area contributed by atoms with Crippen molar-refractivity contribution in [2.45, 2.75) is 173 Å². The van der Waals surface area contributed by atoms with Gasteiger partial charge in [0.05, 0.1) is 18.8 Å². The van der Waals surface area contributed by atoms with Gasteiger partial charge in [-0.05, 0) is 12.8 Å². The number of hydrogen-bond acceptors (Lipinski definition) is 4. The molecule has 0 aromatic rings. The van der Waals surface area contributed by atoms with Crippen molar-refractivity contribution >= 4 is 5.91 Å². The fourth-order valence-corrected chi connectivity index (χ4v) is 4.57. The van der Waals surface area contributed by atoms with E-state index in [4.69, 9.17) is 0 Å². The first-order valence-electron chi connectivity index (χ1n) is 14.8. The predicted molar refractivity (Wildman–Crippen MR) is 144 cm³/mol. The Morgan fingerprint density at radius 1 is 0.618 bits per heavy atom. The maximum absolute atomic E-state index is 12.2. The summed E-state index contributed by atoms with van der Waals surface area (Å²) >= 11 is 0. The summed E-state index contributed by atoms with van der Waals surface area (Å²) in [6.45, 7) is 4.11. The number of nitrogens with one attached hydrogen (secondary N) is 1. The highest BCUT2D eigenvalue weighted by Gasteiger charge is 2.26. The zero-order valence-corrected chi connectivity index (χ0v) is 22.7. The van der Waals surface area contributed by atoms with Crippen LogP contribution in [0.4, 0.5) is 0 Å². The van der Waals surface area contributed by atoms with Crippen molar-refractivity contribution in [1.82, 2.24) is 5.32 Å². The van der Waals surface area contributed by atoms with Crippen molar-refractivity contribution in [3.05, 3.63) is 0 Å². The lowest BCUT2D eigenvalue weighted by Crippen LogP contribution is -2.50. The first kappa shape index (κ1) is 33.4. The second-order valence-electron chi connectivity index (χ2n) is 10.3. The molecule has 0 fully saturated rings. The second-order valence-corrected chi connectivity index (χ2v) is 10.3. The van der Waals surface area contributed by atoms with Crippen molar-refractivity contribution in [3.8, 4) is 0 Å². The highest BCUT2D eigenvalue weighted by Crippen LogP contribution is 2.15. The lowest BCUT2D eigenvalue weighted by Gasteiger charge is -2.26. The topological polar surface area (TPSA) is 89.8 Å². The Balaban J connectivity index is 3.77. The van der Waals surface area contributed by atoms with Gasteiger partial charge >= 0.3 is 0 Å². The van der Waals surface area contributed by atoms with Crippen LogP contribution < -0.4 is 5.32 Å². The van der Waals surface area contributed by atoms with Gasteiger partial charge in [-0.3, -0.25) is 4.79 Å².